The predicted molar refractivity (Wildman–Crippen MR) is 76.7 cm³/mol. The van der Waals surface area contributed by atoms with Gasteiger partial charge in [0, 0.05) is 19.0 Å². The Morgan fingerprint density at radius 1 is 1.45 bits per heavy atom. The Balaban J connectivity index is 1.73. The molecule has 0 aliphatic carbocycles. The van der Waals surface area contributed by atoms with E-state index in [9.17, 15) is 4.79 Å². The molecule has 2 aromatic rings. The fourth-order valence-corrected chi connectivity index (χ4v) is 2.57. The number of nitriles is 1. The zero-order valence-electron chi connectivity index (χ0n) is 12.6. The van der Waals surface area contributed by atoms with E-state index in [1.807, 2.05) is 6.07 Å². The first-order chi connectivity index (χ1) is 10.6. The van der Waals surface area contributed by atoms with Gasteiger partial charge in [-0.15, -0.1) is 0 Å². The number of fused-ring (bicyclic) bond motifs is 1. The van der Waals surface area contributed by atoms with Crippen LogP contribution in [0.15, 0.2) is 16.7 Å². The second-order valence-electron chi connectivity index (χ2n) is 5.86. The van der Waals surface area contributed by atoms with E-state index in [-0.39, 0.29) is 5.91 Å². The Morgan fingerprint density at radius 2 is 2.27 bits per heavy atom. The van der Waals surface area contributed by atoms with Gasteiger partial charge in [-0.2, -0.15) is 10.4 Å². The zero-order chi connectivity index (χ0) is 15.7. The van der Waals surface area contributed by atoms with Gasteiger partial charge in [-0.1, -0.05) is 19.0 Å². The largest absolute Gasteiger partial charge is 0.361 e. The molecular weight excluding hydrogens is 282 g/mol. The molecule has 0 bridgehead atoms. The molecule has 3 heterocycles. The van der Waals surface area contributed by atoms with Crippen LogP contribution in [-0.2, 0) is 19.5 Å². The highest BCUT2D eigenvalue weighted by Crippen LogP contribution is 2.17. The fourth-order valence-electron chi connectivity index (χ4n) is 2.57. The predicted octanol–water partition coefficient (Wildman–Crippen LogP) is 1.60. The van der Waals surface area contributed by atoms with Crippen molar-refractivity contribution < 1.29 is 9.32 Å². The number of rotatable bonds is 3. The van der Waals surface area contributed by atoms with Crippen molar-refractivity contribution in [2.75, 3.05) is 6.54 Å². The monoisotopic (exact) mass is 299 g/mol. The van der Waals surface area contributed by atoms with Crippen LogP contribution in [0.1, 0.15) is 41.5 Å². The second-order valence-corrected chi connectivity index (χ2v) is 5.86. The van der Waals surface area contributed by atoms with Gasteiger partial charge in [0.15, 0.2) is 11.4 Å². The minimum absolute atomic E-state index is 0.148. The zero-order valence-corrected chi connectivity index (χ0v) is 12.6. The van der Waals surface area contributed by atoms with Crippen molar-refractivity contribution in [1.82, 2.24) is 19.8 Å². The standard InChI is InChI=1S/C15H17N5O2/c1-10(2)5-13-7-14(18-22-13)15(21)19-3-4-20-12(9-19)6-11(8-16)17-20/h6-7,10H,3-5,9H2,1-2H3. The minimum atomic E-state index is -0.148. The smallest absolute Gasteiger partial charge is 0.276 e. The lowest BCUT2D eigenvalue weighted by Crippen LogP contribution is -2.38. The van der Waals surface area contributed by atoms with Crippen molar-refractivity contribution in [1.29, 1.82) is 5.26 Å². The third-order valence-corrected chi connectivity index (χ3v) is 3.59. The molecular formula is C15H17N5O2. The van der Waals surface area contributed by atoms with Crippen LogP contribution in [0.5, 0.6) is 0 Å². The Hall–Kier alpha value is -2.62. The molecule has 22 heavy (non-hydrogen) atoms. The molecule has 1 aliphatic rings. The van der Waals surface area contributed by atoms with Gasteiger partial charge >= 0.3 is 0 Å². The topological polar surface area (TPSA) is 88.0 Å². The number of nitrogens with zero attached hydrogens (tertiary/aromatic N) is 5. The van der Waals surface area contributed by atoms with E-state index >= 15 is 0 Å². The number of carbonyl (C=O) groups is 1. The summed E-state index contributed by atoms with van der Waals surface area (Å²) >= 11 is 0. The van der Waals surface area contributed by atoms with E-state index < -0.39 is 0 Å². The van der Waals surface area contributed by atoms with Crippen molar-refractivity contribution in [2.24, 2.45) is 5.92 Å². The highest BCUT2D eigenvalue weighted by atomic mass is 16.5. The first-order valence-corrected chi connectivity index (χ1v) is 7.28. The molecule has 0 radical (unpaired) electrons. The van der Waals surface area contributed by atoms with Crippen molar-refractivity contribution in [3.63, 3.8) is 0 Å². The average molecular weight is 299 g/mol. The first-order valence-electron chi connectivity index (χ1n) is 7.28. The van der Waals surface area contributed by atoms with Crippen LogP contribution in [0, 0.1) is 17.2 Å². The SMILES string of the molecule is CC(C)Cc1cc(C(=O)N2CCn3nc(C#N)cc3C2)no1. The van der Waals surface area contributed by atoms with Crippen LogP contribution >= 0.6 is 0 Å². The third kappa shape index (κ3) is 2.72. The van der Waals surface area contributed by atoms with Gasteiger partial charge in [0.25, 0.3) is 5.91 Å². The Bertz CT molecular complexity index is 737. The maximum Gasteiger partial charge on any atom is 0.276 e. The molecule has 1 amide bonds. The summed E-state index contributed by atoms with van der Waals surface area (Å²) in [6.45, 7) is 5.73. The lowest BCUT2D eigenvalue weighted by Gasteiger charge is -2.26. The van der Waals surface area contributed by atoms with E-state index in [1.165, 1.54) is 0 Å². The van der Waals surface area contributed by atoms with Gasteiger partial charge in [-0.05, 0) is 12.0 Å². The average Bonchev–Trinajstić information content (AvgIpc) is 3.11. The van der Waals surface area contributed by atoms with Crippen LogP contribution in [0.4, 0.5) is 0 Å². The summed E-state index contributed by atoms with van der Waals surface area (Å²) in [5, 5.41) is 16.9. The number of hydrogen-bond acceptors (Lipinski definition) is 5. The van der Waals surface area contributed by atoms with Crippen LogP contribution in [-0.4, -0.2) is 32.3 Å². The molecule has 1 aliphatic heterocycles. The minimum Gasteiger partial charge on any atom is -0.361 e. The van der Waals surface area contributed by atoms with E-state index in [4.69, 9.17) is 9.78 Å². The van der Waals surface area contributed by atoms with Crippen molar-refractivity contribution in [3.05, 3.63) is 35.0 Å². The molecule has 114 valence electrons. The molecule has 0 unspecified atom stereocenters. The number of carbonyl (C=O) groups excluding carboxylic acids is 1. The molecule has 0 fully saturated rings. The molecule has 0 saturated carbocycles. The van der Waals surface area contributed by atoms with E-state index in [0.717, 1.165) is 17.9 Å². The molecule has 0 atom stereocenters. The van der Waals surface area contributed by atoms with Crippen LogP contribution in [0.2, 0.25) is 0 Å². The lowest BCUT2D eigenvalue weighted by molar-refractivity contribution is 0.0695. The van der Waals surface area contributed by atoms with Crippen LogP contribution < -0.4 is 0 Å². The molecule has 0 saturated heterocycles. The van der Waals surface area contributed by atoms with Crippen LogP contribution in [0.25, 0.3) is 0 Å². The summed E-state index contributed by atoms with van der Waals surface area (Å²) in [5.74, 6) is 1.03. The Morgan fingerprint density at radius 3 is 3.00 bits per heavy atom. The molecule has 2 aromatic heterocycles. The molecule has 0 N–H and O–H groups in total. The van der Waals surface area contributed by atoms with Gasteiger partial charge in [0.2, 0.25) is 0 Å². The Kier molecular flexibility index (Phi) is 3.67. The maximum atomic E-state index is 12.5. The second kappa shape index (κ2) is 5.64. The fraction of sp³-hybridized carbons (Fsp3) is 0.467. The van der Waals surface area contributed by atoms with Crippen molar-refractivity contribution in [3.8, 4) is 6.07 Å². The van der Waals surface area contributed by atoms with E-state index in [1.54, 1.807) is 21.7 Å². The molecule has 3 rings (SSSR count). The summed E-state index contributed by atoms with van der Waals surface area (Å²) in [5.41, 5.74) is 1.58. The third-order valence-electron chi connectivity index (χ3n) is 3.59. The molecule has 0 spiro atoms. The summed E-state index contributed by atoms with van der Waals surface area (Å²) in [7, 11) is 0. The maximum absolute atomic E-state index is 12.5. The summed E-state index contributed by atoms with van der Waals surface area (Å²) in [6.07, 6.45) is 0.762. The summed E-state index contributed by atoms with van der Waals surface area (Å²) in [6, 6.07) is 5.45. The van der Waals surface area contributed by atoms with Crippen LogP contribution in [0.3, 0.4) is 0 Å². The van der Waals surface area contributed by atoms with E-state index in [0.29, 0.717) is 36.9 Å². The normalized spacial score (nSPS) is 14.0. The summed E-state index contributed by atoms with van der Waals surface area (Å²) < 4.78 is 6.99. The van der Waals surface area contributed by atoms with Gasteiger partial charge in [0.1, 0.15) is 11.8 Å². The van der Waals surface area contributed by atoms with Gasteiger partial charge in [-0.25, -0.2) is 0 Å². The lowest BCUT2D eigenvalue weighted by atomic mass is 10.1. The first kappa shape index (κ1) is 14.3. The number of amides is 1. The Labute approximate surface area is 128 Å². The van der Waals surface area contributed by atoms with Gasteiger partial charge in [0.05, 0.1) is 18.8 Å². The van der Waals surface area contributed by atoms with Gasteiger partial charge < -0.3 is 9.42 Å². The molecule has 7 heteroatoms. The highest BCUT2D eigenvalue weighted by Gasteiger charge is 2.25. The highest BCUT2D eigenvalue weighted by molar-refractivity contribution is 5.92. The molecule has 0 aromatic carbocycles. The summed E-state index contributed by atoms with van der Waals surface area (Å²) in [4.78, 5) is 14.2. The van der Waals surface area contributed by atoms with E-state index in [2.05, 4.69) is 24.1 Å². The van der Waals surface area contributed by atoms with Gasteiger partial charge in [-0.3, -0.25) is 9.48 Å². The van der Waals surface area contributed by atoms with Crippen molar-refractivity contribution >= 4 is 5.91 Å². The number of hydrogen-bond donors (Lipinski definition) is 0. The molecule has 7 nitrogen and oxygen atoms in total. The quantitative estimate of drug-likeness (QED) is 0.859. The number of aromatic nitrogens is 3. The van der Waals surface area contributed by atoms with Crippen molar-refractivity contribution in [2.45, 2.75) is 33.4 Å².